The third-order valence-corrected chi connectivity index (χ3v) is 1.35. The smallest absolute Gasteiger partial charge is 0.0884 e. The Morgan fingerprint density at radius 1 is 1.60 bits per heavy atom. The van der Waals surface area contributed by atoms with Gasteiger partial charge in [-0.15, -0.1) is 0 Å². The first-order chi connectivity index (χ1) is 4.81. The average molecular weight is 143 g/mol. The molecule has 1 N–H and O–H groups in total. The third-order valence-electron chi connectivity index (χ3n) is 1.35. The highest BCUT2D eigenvalue weighted by molar-refractivity contribution is 4.80. The second kappa shape index (κ2) is 6.62. The Kier molecular flexibility index (Phi) is 6.29. The van der Waals surface area contributed by atoms with Crippen LogP contribution < -0.4 is 5.32 Å². The van der Waals surface area contributed by atoms with Gasteiger partial charge in [0.15, 0.2) is 0 Å². The van der Waals surface area contributed by atoms with E-state index in [1.165, 1.54) is 0 Å². The molecular formula is C8H17NO. The average Bonchev–Trinajstić information content (AvgIpc) is 1.98. The molecule has 0 rings (SSSR count). The fraction of sp³-hybridized carbons (Fsp3) is 0.750. The molecule has 0 radical (unpaired) electrons. The van der Waals surface area contributed by atoms with Crippen LogP contribution in [-0.2, 0) is 4.74 Å². The van der Waals surface area contributed by atoms with Crippen molar-refractivity contribution >= 4 is 0 Å². The Balaban J connectivity index is 2.96. The summed E-state index contributed by atoms with van der Waals surface area (Å²) in [5.41, 5.74) is 0. The van der Waals surface area contributed by atoms with Crippen LogP contribution in [0.3, 0.4) is 0 Å². The van der Waals surface area contributed by atoms with Gasteiger partial charge in [-0.3, -0.25) is 0 Å². The minimum absolute atomic E-state index is 0.873. The minimum atomic E-state index is 0.873. The molecule has 0 aliphatic carbocycles. The van der Waals surface area contributed by atoms with Gasteiger partial charge in [-0.05, 0) is 19.5 Å². The first kappa shape index (κ1) is 9.50. The van der Waals surface area contributed by atoms with Gasteiger partial charge in [0.1, 0.15) is 0 Å². The molecule has 0 heterocycles. The molecule has 0 aromatic carbocycles. The van der Waals surface area contributed by atoms with Crippen molar-refractivity contribution in [3.63, 3.8) is 0 Å². The molecule has 0 aromatic heterocycles. The molecule has 0 unspecified atom stereocenters. The number of hydrogen-bond donors (Lipinski definition) is 1. The quantitative estimate of drug-likeness (QED) is 0.450. The van der Waals surface area contributed by atoms with Crippen LogP contribution in [0.2, 0.25) is 0 Å². The highest BCUT2D eigenvalue weighted by Crippen LogP contribution is 2.00. The predicted molar refractivity (Wildman–Crippen MR) is 43.9 cm³/mol. The van der Waals surface area contributed by atoms with E-state index in [1.807, 2.05) is 0 Å². The summed E-state index contributed by atoms with van der Waals surface area (Å²) < 4.78 is 4.91. The van der Waals surface area contributed by atoms with Crippen LogP contribution in [0, 0.1) is 0 Å². The van der Waals surface area contributed by atoms with Crippen molar-refractivity contribution in [1.82, 2.24) is 5.32 Å². The van der Waals surface area contributed by atoms with E-state index in [0.717, 1.165) is 31.7 Å². The summed E-state index contributed by atoms with van der Waals surface area (Å²) in [6.07, 6.45) is 2.07. The summed E-state index contributed by atoms with van der Waals surface area (Å²) in [5, 5.41) is 3.23. The molecular weight excluding hydrogens is 126 g/mol. The normalized spacial score (nSPS) is 9.40. The van der Waals surface area contributed by atoms with Crippen LogP contribution in [-0.4, -0.2) is 20.2 Å². The lowest BCUT2D eigenvalue weighted by atomic mass is 10.3. The van der Waals surface area contributed by atoms with Crippen molar-refractivity contribution in [2.24, 2.45) is 0 Å². The second-order valence-corrected chi connectivity index (χ2v) is 2.20. The van der Waals surface area contributed by atoms with Gasteiger partial charge in [0.05, 0.1) is 12.9 Å². The van der Waals surface area contributed by atoms with Crippen molar-refractivity contribution in [2.45, 2.75) is 19.8 Å². The van der Waals surface area contributed by atoms with Crippen molar-refractivity contribution in [2.75, 3.05) is 20.2 Å². The summed E-state index contributed by atoms with van der Waals surface area (Å²) >= 11 is 0. The second-order valence-electron chi connectivity index (χ2n) is 2.20. The maximum atomic E-state index is 4.91. The molecule has 0 amide bonds. The van der Waals surface area contributed by atoms with Crippen molar-refractivity contribution in [3.05, 3.63) is 12.3 Å². The summed E-state index contributed by atoms with van der Waals surface area (Å²) in [5.74, 6) is 0.873. The van der Waals surface area contributed by atoms with Crippen LogP contribution in [0.15, 0.2) is 12.3 Å². The van der Waals surface area contributed by atoms with Gasteiger partial charge in [0, 0.05) is 6.42 Å². The van der Waals surface area contributed by atoms with Crippen LogP contribution in [0.25, 0.3) is 0 Å². The number of nitrogens with one attached hydrogen (secondary N) is 1. The Morgan fingerprint density at radius 2 is 2.30 bits per heavy atom. The fourth-order valence-corrected chi connectivity index (χ4v) is 0.689. The van der Waals surface area contributed by atoms with E-state index in [9.17, 15) is 0 Å². The Labute approximate surface area is 63.3 Å². The van der Waals surface area contributed by atoms with E-state index < -0.39 is 0 Å². The van der Waals surface area contributed by atoms with Crippen molar-refractivity contribution in [1.29, 1.82) is 0 Å². The Hall–Kier alpha value is -0.500. The lowest BCUT2D eigenvalue weighted by molar-refractivity contribution is 0.276. The molecule has 0 saturated heterocycles. The molecule has 0 aliphatic rings. The van der Waals surface area contributed by atoms with Gasteiger partial charge < -0.3 is 10.1 Å². The highest BCUT2D eigenvalue weighted by atomic mass is 16.5. The minimum Gasteiger partial charge on any atom is -0.502 e. The van der Waals surface area contributed by atoms with Gasteiger partial charge >= 0.3 is 0 Å². The molecule has 0 bridgehead atoms. The van der Waals surface area contributed by atoms with Gasteiger partial charge in [-0.1, -0.05) is 13.5 Å². The Morgan fingerprint density at radius 3 is 2.80 bits per heavy atom. The number of methoxy groups -OCH3 is 1. The van der Waals surface area contributed by atoms with E-state index >= 15 is 0 Å². The summed E-state index contributed by atoms with van der Waals surface area (Å²) in [4.78, 5) is 0. The SMILES string of the molecule is C=C(CCCNCC)OC. The molecule has 2 nitrogen and oxygen atoms in total. The molecule has 0 saturated carbocycles. The molecule has 0 aliphatic heterocycles. The zero-order valence-corrected chi connectivity index (χ0v) is 6.94. The summed E-state index contributed by atoms with van der Waals surface area (Å²) in [6, 6.07) is 0. The first-order valence-electron chi connectivity index (χ1n) is 3.73. The lowest BCUT2D eigenvalue weighted by Crippen LogP contribution is -2.13. The van der Waals surface area contributed by atoms with E-state index in [4.69, 9.17) is 4.74 Å². The van der Waals surface area contributed by atoms with Gasteiger partial charge in [0.25, 0.3) is 0 Å². The number of allylic oxidation sites excluding steroid dienone is 1. The third kappa shape index (κ3) is 5.63. The van der Waals surface area contributed by atoms with E-state index in [2.05, 4.69) is 18.8 Å². The van der Waals surface area contributed by atoms with Crippen LogP contribution in [0.5, 0.6) is 0 Å². The topological polar surface area (TPSA) is 21.3 Å². The van der Waals surface area contributed by atoms with E-state index in [0.29, 0.717) is 0 Å². The largest absolute Gasteiger partial charge is 0.502 e. The van der Waals surface area contributed by atoms with Crippen LogP contribution in [0.1, 0.15) is 19.8 Å². The van der Waals surface area contributed by atoms with Gasteiger partial charge in [0.2, 0.25) is 0 Å². The number of hydrogen-bond acceptors (Lipinski definition) is 2. The zero-order chi connectivity index (χ0) is 7.82. The van der Waals surface area contributed by atoms with Crippen LogP contribution in [0.4, 0.5) is 0 Å². The number of ether oxygens (including phenoxy) is 1. The fourth-order valence-electron chi connectivity index (χ4n) is 0.689. The highest BCUT2D eigenvalue weighted by Gasteiger charge is 1.90. The molecule has 0 fully saturated rings. The van der Waals surface area contributed by atoms with Crippen molar-refractivity contribution in [3.8, 4) is 0 Å². The predicted octanol–water partition coefficient (Wildman–Crippen LogP) is 1.54. The molecule has 0 atom stereocenters. The molecule has 0 aromatic rings. The zero-order valence-electron chi connectivity index (χ0n) is 6.94. The van der Waals surface area contributed by atoms with E-state index in [-0.39, 0.29) is 0 Å². The molecule has 60 valence electrons. The standard InChI is InChI=1S/C8H17NO/c1-4-9-7-5-6-8(2)10-3/h9H,2,4-7H2,1,3H3. The maximum Gasteiger partial charge on any atom is 0.0884 e. The molecule has 0 spiro atoms. The lowest BCUT2D eigenvalue weighted by Gasteiger charge is -2.03. The maximum absolute atomic E-state index is 4.91. The first-order valence-corrected chi connectivity index (χ1v) is 3.73. The number of rotatable bonds is 6. The Bertz CT molecular complexity index is 91.3. The van der Waals surface area contributed by atoms with Gasteiger partial charge in [-0.2, -0.15) is 0 Å². The molecule has 10 heavy (non-hydrogen) atoms. The van der Waals surface area contributed by atoms with Crippen molar-refractivity contribution < 1.29 is 4.74 Å². The molecule has 2 heteroatoms. The monoisotopic (exact) mass is 143 g/mol. The van der Waals surface area contributed by atoms with Crippen LogP contribution >= 0.6 is 0 Å². The van der Waals surface area contributed by atoms with E-state index in [1.54, 1.807) is 7.11 Å². The summed E-state index contributed by atoms with van der Waals surface area (Å²) in [6.45, 7) is 7.92. The summed E-state index contributed by atoms with van der Waals surface area (Å²) in [7, 11) is 1.66. The van der Waals surface area contributed by atoms with Gasteiger partial charge in [-0.25, -0.2) is 0 Å².